The number of thioether (sulfide) groups is 1. The lowest BCUT2D eigenvalue weighted by Gasteiger charge is -2.35. The van der Waals surface area contributed by atoms with Gasteiger partial charge in [0.1, 0.15) is 10.6 Å². The standard InChI is InChI=1S/C20H19Cl3N2O3S/c1-11-4-6-13(7-5-11)20(3)25(18(26)10-29-20)24-19(27)12(2)28-17-9-15(22)14(21)8-16(17)23/h4-9,12H,10H2,1-3H3,(H,24,27). The molecule has 0 aromatic heterocycles. The van der Waals surface area contributed by atoms with Crippen molar-refractivity contribution in [1.82, 2.24) is 10.4 Å². The number of carbonyl (C=O) groups is 2. The lowest BCUT2D eigenvalue weighted by molar-refractivity contribution is -0.145. The quantitative estimate of drug-likeness (QED) is 0.606. The van der Waals surface area contributed by atoms with E-state index >= 15 is 0 Å². The van der Waals surface area contributed by atoms with Gasteiger partial charge < -0.3 is 4.74 Å². The Morgan fingerprint density at radius 3 is 2.45 bits per heavy atom. The van der Waals surface area contributed by atoms with Crippen LogP contribution in [-0.2, 0) is 14.5 Å². The first-order valence-corrected chi connectivity index (χ1v) is 10.9. The molecule has 2 unspecified atom stereocenters. The first kappa shape index (κ1) is 22.1. The van der Waals surface area contributed by atoms with Gasteiger partial charge in [-0.3, -0.25) is 15.0 Å². The van der Waals surface area contributed by atoms with Crippen molar-refractivity contribution in [2.45, 2.75) is 31.7 Å². The third kappa shape index (κ3) is 4.61. The molecule has 0 aliphatic carbocycles. The van der Waals surface area contributed by atoms with Crippen LogP contribution in [-0.4, -0.2) is 28.7 Å². The minimum absolute atomic E-state index is 0.189. The summed E-state index contributed by atoms with van der Waals surface area (Å²) in [5.74, 6) is -0.182. The molecular weight excluding hydrogens is 455 g/mol. The number of rotatable bonds is 5. The molecule has 0 spiro atoms. The summed E-state index contributed by atoms with van der Waals surface area (Å²) in [6.07, 6.45) is -0.926. The van der Waals surface area contributed by atoms with Gasteiger partial charge in [-0.1, -0.05) is 64.6 Å². The average molecular weight is 474 g/mol. The van der Waals surface area contributed by atoms with Gasteiger partial charge >= 0.3 is 0 Å². The van der Waals surface area contributed by atoms with Crippen LogP contribution in [0.1, 0.15) is 25.0 Å². The van der Waals surface area contributed by atoms with Crippen molar-refractivity contribution in [3.05, 3.63) is 62.6 Å². The van der Waals surface area contributed by atoms with Gasteiger partial charge in [-0.25, -0.2) is 5.01 Å². The highest BCUT2D eigenvalue weighted by molar-refractivity contribution is 8.01. The van der Waals surface area contributed by atoms with Crippen LogP contribution >= 0.6 is 46.6 Å². The predicted octanol–water partition coefficient (Wildman–Crippen LogP) is 5.20. The maximum atomic E-state index is 12.7. The molecule has 5 nitrogen and oxygen atoms in total. The molecule has 3 rings (SSSR count). The largest absolute Gasteiger partial charge is 0.479 e. The van der Waals surface area contributed by atoms with Gasteiger partial charge in [-0.05, 0) is 32.4 Å². The van der Waals surface area contributed by atoms with Crippen molar-refractivity contribution in [2.24, 2.45) is 0 Å². The van der Waals surface area contributed by atoms with E-state index < -0.39 is 16.9 Å². The molecule has 9 heteroatoms. The second-order valence-corrected chi connectivity index (χ2v) is 9.39. The zero-order valence-corrected chi connectivity index (χ0v) is 19.0. The van der Waals surface area contributed by atoms with Crippen LogP contribution in [0.15, 0.2) is 36.4 Å². The zero-order valence-electron chi connectivity index (χ0n) is 16.0. The minimum atomic E-state index is -0.926. The van der Waals surface area contributed by atoms with E-state index in [-0.39, 0.29) is 32.5 Å². The summed E-state index contributed by atoms with van der Waals surface area (Å²) in [4.78, 5) is 24.5. The summed E-state index contributed by atoms with van der Waals surface area (Å²) in [6, 6.07) is 10.7. The number of ether oxygens (including phenoxy) is 1. The van der Waals surface area contributed by atoms with Gasteiger partial charge in [0.2, 0.25) is 0 Å². The molecule has 1 fully saturated rings. The Morgan fingerprint density at radius 1 is 1.17 bits per heavy atom. The summed E-state index contributed by atoms with van der Waals surface area (Å²) in [5.41, 5.74) is 4.73. The predicted molar refractivity (Wildman–Crippen MR) is 118 cm³/mol. The molecule has 1 N–H and O–H groups in total. The fraction of sp³-hybridized carbons (Fsp3) is 0.300. The number of aryl methyl sites for hydroxylation is 1. The van der Waals surface area contributed by atoms with Crippen LogP contribution in [0.4, 0.5) is 0 Å². The van der Waals surface area contributed by atoms with Crippen molar-refractivity contribution in [3.63, 3.8) is 0 Å². The number of hydrogen-bond donors (Lipinski definition) is 1. The van der Waals surface area contributed by atoms with E-state index in [2.05, 4.69) is 5.43 Å². The van der Waals surface area contributed by atoms with E-state index in [0.29, 0.717) is 0 Å². The molecule has 0 bridgehead atoms. The smallest absolute Gasteiger partial charge is 0.279 e. The Morgan fingerprint density at radius 2 is 1.79 bits per heavy atom. The van der Waals surface area contributed by atoms with Crippen LogP contribution < -0.4 is 10.2 Å². The number of hydrogen-bond acceptors (Lipinski definition) is 4. The van der Waals surface area contributed by atoms with E-state index in [1.54, 1.807) is 6.92 Å². The molecule has 0 radical (unpaired) electrons. The van der Waals surface area contributed by atoms with Crippen LogP contribution in [0, 0.1) is 6.92 Å². The molecule has 2 aromatic carbocycles. The molecule has 1 aliphatic rings. The SMILES string of the molecule is Cc1ccc(C2(C)SCC(=O)N2NC(=O)C(C)Oc2cc(Cl)c(Cl)cc2Cl)cc1. The van der Waals surface area contributed by atoms with Crippen LogP contribution in [0.5, 0.6) is 5.75 Å². The Balaban J connectivity index is 1.76. The maximum Gasteiger partial charge on any atom is 0.279 e. The van der Waals surface area contributed by atoms with Gasteiger partial charge in [-0.15, -0.1) is 11.8 Å². The van der Waals surface area contributed by atoms with Gasteiger partial charge in [-0.2, -0.15) is 0 Å². The number of hydrazine groups is 1. The Kier molecular flexibility index (Phi) is 6.58. The number of benzene rings is 2. The lowest BCUT2D eigenvalue weighted by atomic mass is 10.1. The van der Waals surface area contributed by atoms with Crippen molar-refractivity contribution in [1.29, 1.82) is 0 Å². The van der Waals surface area contributed by atoms with Crippen LogP contribution in [0.3, 0.4) is 0 Å². The van der Waals surface area contributed by atoms with Crippen molar-refractivity contribution >= 4 is 58.4 Å². The van der Waals surface area contributed by atoms with E-state index in [1.807, 2.05) is 38.1 Å². The van der Waals surface area contributed by atoms with Crippen LogP contribution in [0.25, 0.3) is 0 Å². The van der Waals surface area contributed by atoms with Gasteiger partial charge in [0.25, 0.3) is 11.8 Å². The maximum absolute atomic E-state index is 12.7. The molecule has 154 valence electrons. The van der Waals surface area contributed by atoms with E-state index in [4.69, 9.17) is 39.5 Å². The molecule has 29 heavy (non-hydrogen) atoms. The third-order valence-corrected chi connectivity index (χ3v) is 7.00. The highest BCUT2D eigenvalue weighted by Gasteiger charge is 2.45. The second-order valence-electron chi connectivity index (χ2n) is 6.80. The number of nitrogens with one attached hydrogen (secondary N) is 1. The van der Waals surface area contributed by atoms with Crippen molar-refractivity contribution < 1.29 is 14.3 Å². The summed E-state index contributed by atoms with van der Waals surface area (Å²) < 4.78 is 5.65. The number of carbonyl (C=O) groups excluding carboxylic acids is 2. The van der Waals surface area contributed by atoms with Crippen molar-refractivity contribution in [2.75, 3.05) is 5.75 Å². The van der Waals surface area contributed by atoms with Gasteiger partial charge in [0, 0.05) is 6.07 Å². The number of nitrogens with zero attached hydrogens (tertiary/aromatic N) is 1. The zero-order chi connectivity index (χ0) is 21.3. The Bertz CT molecular complexity index is 955. The normalized spacial score (nSPS) is 19.9. The Hall–Kier alpha value is -1.60. The third-order valence-electron chi connectivity index (χ3n) is 4.61. The Labute approximate surface area is 188 Å². The van der Waals surface area contributed by atoms with Crippen molar-refractivity contribution in [3.8, 4) is 5.75 Å². The first-order valence-electron chi connectivity index (χ1n) is 8.77. The van der Waals surface area contributed by atoms with E-state index in [1.165, 1.54) is 28.9 Å². The molecule has 1 heterocycles. The highest BCUT2D eigenvalue weighted by Crippen LogP contribution is 2.43. The monoisotopic (exact) mass is 472 g/mol. The number of amides is 2. The highest BCUT2D eigenvalue weighted by atomic mass is 35.5. The molecule has 2 aromatic rings. The summed E-state index contributed by atoms with van der Waals surface area (Å²) in [6.45, 7) is 5.45. The molecule has 2 amide bonds. The second kappa shape index (κ2) is 8.64. The lowest BCUT2D eigenvalue weighted by Crippen LogP contribution is -2.54. The summed E-state index contributed by atoms with van der Waals surface area (Å²) >= 11 is 19.5. The first-order chi connectivity index (χ1) is 13.6. The summed E-state index contributed by atoms with van der Waals surface area (Å²) in [5, 5.41) is 2.14. The summed E-state index contributed by atoms with van der Waals surface area (Å²) in [7, 11) is 0. The topological polar surface area (TPSA) is 58.6 Å². The van der Waals surface area contributed by atoms with E-state index in [9.17, 15) is 9.59 Å². The fourth-order valence-electron chi connectivity index (χ4n) is 2.85. The molecule has 1 saturated heterocycles. The number of halogens is 3. The molecular formula is C20H19Cl3N2O3S. The average Bonchev–Trinajstić information content (AvgIpc) is 2.96. The van der Waals surface area contributed by atoms with Gasteiger partial charge in [0.05, 0.1) is 20.8 Å². The van der Waals surface area contributed by atoms with Gasteiger partial charge in [0.15, 0.2) is 6.10 Å². The fourth-order valence-corrected chi connectivity index (χ4v) is 4.55. The molecule has 1 aliphatic heterocycles. The molecule has 0 saturated carbocycles. The van der Waals surface area contributed by atoms with Crippen LogP contribution in [0.2, 0.25) is 15.1 Å². The van der Waals surface area contributed by atoms with E-state index in [0.717, 1.165) is 11.1 Å². The minimum Gasteiger partial charge on any atom is -0.479 e. The molecule has 2 atom stereocenters.